The number of fused-ring (bicyclic) bond motifs is 5. The molecule has 40 heavy (non-hydrogen) atoms. The summed E-state index contributed by atoms with van der Waals surface area (Å²) in [7, 11) is 1.64. The van der Waals surface area contributed by atoms with Gasteiger partial charge in [0.25, 0.3) is 0 Å². The number of hydrogen-bond acceptors (Lipinski definition) is 7. The van der Waals surface area contributed by atoms with Gasteiger partial charge >= 0.3 is 5.97 Å². The molecule has 8 nitrogen and oxygen atoms in total. The molecule has 0 bridgehead atoms. The van der Waals surface area contributed by atoms with Crippen LogP contribution in [0.4, 0.5) is 10.8 Å². The number of carboxylic acid groups (broad SMARTS) is 1. The largest absolute Gasteiger partial charge is 0.480 e. The van der Waals surface area contributed by atoms with Gasteiger partial charge in [0.1, 0.15) is 13.2 Å². The van der Waals surface area contributed by atoms with Crippen LogP contribution in [0.2, 0.25) is 0 Å². The lowest BCUT2D eigenvalue weighted by Gasteiger charge is -2.50. The molecule has 4 aliphatic rings. The van der Waals surface area contributed by atoms with Gasteiger partial charge in [0, 0.05) is 35.1 Å². The number of nitrogens with one attached hydrogen (secondary N) is 1. The lowest BCUT2D eigenvalue weighted by molar-refractivity contribution is -0.138. The Morgan fingerprint density at radius 3 is 2.90 bits per heavy atom. The van der Waals surface area contributed by atoms with E-state index in [9.17, 15) is 14.7 Å². The molecular formula is C31H40N4O4S. The first-order chi connectivity index (χ1) is 19.3. The number of aryl methyl sites for hydroxylation is 2. The summed E-state index contributed by atoms with van der Waals surface area (Å²) < 4.78 is 0. The summed E-state index contributed by atoms with van der Waals surface area (Å²) in [6.45, 7) is 5.18. The molecule has 2 aromatic rings. The van der Waals surface area contributed by atoms with Crippen molar-refractivity contribution in [3.05, 3.63) is 40.4 Å². The van der Waals surface area contributed by atoms with Crippen LogP contribution in [0.1, 0.15) is 80.2 Å². The smallest absolute Gasteiger partial charge is 0.326 e. The average Bonchev–Trinajstić information content (AvgIpc) is 3.65. The minimum atomic E-state index is -0.724. The van der Waals surface area contributed by atoms with Crippen LogP contribution in [0.25, 0.3) is 0 Å². The number of carbonyl (C=O) groups excluding carboxylic acids is 1. The van der Waals surface area contributed by atoms with E-state index in [-0.39, 0.29) is 11.3 Å². The number of carboxylic acids is 1. The molecule has 2 heterocycles. The van der Waals surface area contributed by atoms with Crippen LogP contribution in [-0.4, -0.2) is 47.4 Å². The summed E-state index contributed by atoms with van der Waals surface area (Å²) in [5.74, 6) is 1.17. The van der Waals surface area contributed by atoms with Gasteiger partial charge in [0.05, 0.1) is 5.71 Å². The zero-order valence-corrected chi connectivity index (χ0v) is 24.5. The standard InChI is InChI=1S/C31H40N4O4S/c1-18-17-32-30(40-18)33-27(36)11-7-20-16-26(34-39-3)31(2)13-12-23-22-10-8-21(35-14-4-5-25(35)29(37)38)15-19(22)6-9-24(23)28(20)31/h8,10,15,17,20,23-25,28H,4-7,9,11-14,16H2,1-3H3,(H,37,38)(H,32,33,36)/b34-26+/t20?,23?,24?,25-,28?,31+/m0/s1. The first kappa shape index (κ1) is 27.2. The van der Waals surface area contributed by atoms with Crippen molar-refractivity contribution in [2.24, 2.45) is 28.3 Å². The number of amides is 1. The van der Waals surface area contributed by atoms with Gasteiger partial charge in [0.2, 0.25) is 5.91 Å². The summed E-state index contributed by atoms with van der Waals surface area (Å²) in [5.41, 5.74) is 5.04. The first-order valence-electron chi connectivity index (χ1n) is 14.7. The van der Waals surface area contributed by atoms with E-state index in [1.54, 1.807) is 13.3 Å². The minimum absolute atomic E-state index is 0.00750. The zero-order valence-electron chi connectivity index (χ0n) is 23.7. The number of benzene rings is 1. The van der Waals surface area contributed by atoms with E-state index >= 15 is 0 Å². The van der Waals surface area contributed by atoms with E-state index in [1.807, 2.05) is 6.92 Å². The van der Waals surface area contributed by atoms with E-state index in [1.165, 1.54) is 22.5 Å². The van der Waals surface area contributed by atoms with E-state index in [2.05, 4.69) is 45.5 Å². The number of carbonyl (C=O) groups is 2. The number of thiazole rings is 1. The highest BCUT2D eigenvalue weighted by Gasteiger charge is 2.57. The van der Waals surface area contributed by atoms with E-state index in [0.717, 1.165) is 67.8 Å². The van der Waals surface area contributed by atoms with Crippen molar-refractivity contribution in [3.8, 4) is 0 Å². The number of anilines is 2. The SMILES string of the molecule is CO/N=C1\CC(CCC(=O)Nc2ncc(C)s2)C2C3CCc4cc(N5CCC[C@H]5C(=O)O)ccc4C3CC[C@]12C. The Labute approximate surface area is 240 Å². The maximum absolute atomic E-state index is 12.8. The molecular weight excluding hydrogens is 524 g/mol. The van der Waals surface area contributed by atoms with Gasteiger partial charge in [0.15, 0.2) is 5.13 Å². The maximum Gasteiger partial charge on any atom is 0.326 e. The number of hydrogen-bond donors (Lipinski definition) is 2. The molecule has 1 aliphatic heterocycles. The Hall–Kier alpha value is -2.94. The molecule has 1 aromatic carbocycles. The third kappa shape index (κ3) is 4.80. The topological polar surface area (TPSA) is 104 Å². The summed E-state index contributed by atoms with van der Waals surface area (Å²) in [5, 5.41) is 17.9. The normalized spacial score (nSPS) is 31.9. The summed E-state index contributed by atoms with van der Waals surface area (Å²) in [6.07, 6.45) is 9.94. The van der Waals surface area contributed by atoms with Crippen LogP contribution in [0.15, 0.2) is 29.6 Å². The predicted molar refractivity (Wildman–Crippen MR) is 157 cm³/mol. The Kier molecular flexibility index (Phi) is 7.36. The molecule has 1 saturated heterocycles. The van der Waals surface area contributed by atoms with Crippen LogP contribution >= 0.6 is 11.3 Å². The lowest BCUT2D eigenvalue weighted by atomic mass is 9.54. The average molecular weight is 565 g/mol. The van der Waals surface area contributed by atoms with Gasteiger partial charge < -0.3 is 20.2 Å². The van der Waals surface area contributed by atoms with Crippen LogP contribution in [0, 0.1) is 30.1 Å². The van der Waals surface area contributed by atoms with Crippen LogP contribution in [0.3, 0.4) is 0 Å². The summed E-state index contributed by atoms with van der Waals surface area (Å²) >= 11 is 1.51. The Bertz CT molecular complexity index is 1320. The monoisotopic (exact) mass is 564 g/mol. The second kappa shape index (κ2) is 10.8. The molecule has 3 fully saturated rings. The highest BCUT2D eigenvalue weighted by molar-refractivity contribution is 7.15. The van der Waals surface area contributed by atoms with Crippen molar-refractivity contribution in [1.29, 1.82) is 0 Å². The molecule has 6 rings (SSSR count). The minimum Gasteiger partial charge on any atom is -0.480 e. The number of aliphatic carboxylic acids is 1. The van der Waals surface area contributed by atoms with Crippen molar-refractivity contribution in [2.75, 3.05) is 23.9 Å². The van der Waals surface area contributed by atoms with Crippen LogP contribution < -0.4 is 10.2 Å². The quantitative estimate of drug-likeness (QED) is 0.399. The predicted octanol–water partition coefficient (Wildman–Crippen LogP) is 6.01. The zero-order chi connectivity index (χ0) is 28.0. The van der Waals surface area contributed by atoms with Gasteiger partial charge in [-0.2, -0.15) is 0 Å². The molecule has 2 saturated carbocycles. The van der Waals surface area contributed by atoms with Gasteiger partial charge in [-0.25, -0.2) is 9.78 Å². The van der Waals surface area contributed by atoms with E-state index in [4.69, 9.17) is 4.84 Å². The molecule has 1 amide bonds. The molecule has 6 atom stereocenters. The molecule has 0 radical (unpaired) electrons. The molecule has 2 N–H and O–H groups in total. The molecule has 1 aromatic heterocycles. The van der Waals surface area contributed by atoms with Crippen molar-refractivity contribution in [2.45, 2.75) is 83.6 Å². The third-order valence-electron chi connectivity index (χ3n) is 10.3. The van der Waals surface area contributed by atoms with Gasteiger partial charge in [-0.3, -0.25) is 4.79 Å². The van der Waals surface area contributed by atoms with Crippen molar-refractivity contribution in [1.82, 2.24) is 4.98 Å². The third-order valence-corrected chi connectivity index (χ3v) is 11.1. The van der Waals surface area contributed by atoms with Crippen LogP contribution in [0.5, 0.6) is 0 Å². The second-order valence-electron chi connectivity index (χ2n) is 12.4. The molecule has 3 aliphatic carbocycles. The second-order valence-corrected chi connectivity index (χ2v) is 13.6. The van der Waals surface area contributed by atoms with E-state index < -0.39 is 12.0 Å². The van der Waals surface area contributed by atoms with Gasteiger partial charge in [-0.1, -0.05) is 18.1 Å². The van der Waals surface area contributed by atoms with Gasteiger partial charge in [-0.15, -0.1) is 11.3 Å². The highest BCUT2D eigenvalue weighted by atomic mass is 32.1. The molecule has 4 unspecified atom stereocenters. The number of nitrogens with zero attached hydrogens (tertiary/aromatic N) is 3. The number of rotatable bonds is 7. The van der Waals surface area contributed by atoms with E-state index in [0.29, 0.717) is 41.6 Å². The summed E-state index contributed by atoms with van der Waals surface area (Å²) in [6, 6.07) is 6.30. The fraction of sp³-hybridized carbons (Fsp3) is 0.613. The fourth-order valence-electron chi connectivity index (χ4n) is 8.59. The van der Waals surface area contributed by atoms with Crippen molar-refractivity contribution >= 4 is 39.7 Å². The molecule has 214 valence electrons. The van der Waals surface area contributed by atoms with Crippen molar-refractivity contribution < 1.29 is 19.5 Å². The summed E-state index contributed by atoms with van der Waals surface area (Å²) in [4.78, 5) is 37.4. The number of aromatic nitrogens is 1. The van der Waals surface area contributed by atoms with Gasteiger partial charge in [-0.05, 0) is 105 Å². The lowest BCUT2D eigenvalue weighted by Crippen LogP contribution is -2.44. The van der Waals surface area contributed by atoms with Crippen molar-refractivity contribution in [3.63, 3.8) is 0 Å². The Morgan fingerprint density at radius 2 is 2.15 bits per heavy atom. The van der Waals surface area contributed by atoms with Crippen LogP contribution in [-0.2, 0) is 20.8 Å². The maximum atomic E-state index is 12.8. The molecule has 0 spiro atoms. The Balaban J connectivity index is 1.22. The first-order valence-corrected chi connectivity index (χ1v) is 15.5. The highest BCUT2D eigenvalue weighted by Crippen LogP contribution is 2.62. The molecule has 9 heteroatoms. The Morgan fingerprint density at radius 1 is 1.30 bits per heavy atom. The number of oxime groups is 1. The fourth-order valence-corrected chi connectivity index (χ4v) is 9.27.